The van der Waals surface area contributed by atoms with E-state index in [0.717, 1.165) is 42.2 Å². The van der Waals surface area contributed by atoms with E-state index in [1.807, 2.05) is 18.5 Å². The van der Waals surface area contributed by atoms with E-state index in [1.54, 1.807) is 0 Å². The molecule has 0 amide bonds. The van der Waals surface area contributed by atoms with Crippen molar-refractivity contribution in [2.45, 2.75) is 51.6 Å². The molecule has 1 aromatic heterocycles. The minimum Gasteiger partial charge on any atom is -0.458 e. The third kappa shape index (κ3) is 4.81. The number of hydrogen-bond donors (Lipinski definition) is 0. The maximum Gasteiger partial charge on any atom is 0.147 e. The highest BCUT2D eigenvalue weighted by Crippen LogP contribution is 2.39. The summed E-state index contributed by atoms with van der Waals surface area (Å²) in [6.45, 7) is 11.7. The van der Waals surface area contributed by atoms with Crippen LogP contribution in [-0.4, -0.2) is 46.5 Å². The number of nitrogens with zero attached hydrogens (tertiary/aromatic N) is 3. The van der Waals surface area contributed by atoms with Crippen molar-refractivity contribution in [1.29, 1.82) is 0 Å². The summed E-state index contributed by atoms with van der Waals surface area (Å²) in [7, 11) is 0. The number of aromatic nitrogens is 1. The van der Waals surface area contributed by atoms with Gasteiger partial charge in [0.1, 0.15) is 17.6 Å². The second-order valence-corrected chi connectivity index (χ2v) is 8.54. The number of ether oxygens (including phenoxy) is 1. The van der Waals surface area contributed by atoms with Crippen LogP contribution in [0.3, 0.4) is 0 Å². The topological polar surface area (TPSA) is 28.6 Å². The molecule has 3 aliphatic rings. The zero-order valence-electron chi connectivity index (χ0n) is 19.4. The zero-order valence-corrected chi connectivity index (χ0v) is 19.4. The first-order valence-electron chi connectivity index (χ1n) is 11.9. The van der Waals surface area contributed by atoms with Crippen LogP contribution in [0.25, 0.3) is 5.57 Å². The molecule has 0 spiro atoms. The van der Waals surface area contributed by atoms with E-state index >= 15 is 0 Å². The Hall–Kier alpha value is -2.85. The normalized spacial score (nSPS) is 25.9. The van der Waals surface area contributed by atoms with E-state index in [2.05, 4.69) is 83.8 Å². The van der Waals surface area contributed by atoms with Crippen LogP contribution in [0.4, 0.5) is 0 Å². The molecule has 4 nitrogen and oxygen atoms in total. The predicted octanol–water partition coefficient (Wildman–Crippen LogP) is 5.86. The fourth-order valence-electron chi connectivity index (χ4n) is 4.99. The number of pyridine rings is 1. The fourth-order valence-corrected chi connectivity index (χ4v) is 4.99. The average molecular weight is 430 g/mol. The van der Waals surface area contributed by atoms with Gasteiger partial charge in [0.05, 0.1) is 5.70 Å². The van der Waals surface area contributed by atoms with E-state index < -0.39 is 0 Å². The molecule has 4 heteroatoms. The van der Waals surface area contributed by atoms with E-state index in [-0.39, 0.29) is 6.04 Å². The number of rotatable bonds is 5. The first-order valence-corrected chi connectivity index (χ1v) is 11.9. The molecule has 1 saturated heterocycles. The van der Waals surface area contributed by atoms with E-state index in [1.165, 1.54) is 31.5 Å². The minimum absolute atomic E-state index is 0.0965. The Labute approximate surface area is 193 Å². The van der Waals surface area contributed by atoms with Gasteiger partial charge in [-0.1, -0.05) is 43.9 Å². The summed E-state index contributed by atoms with van der Waals surface area (Å²) in [5, 5.41) is 0. The van der Waals surface area contributed by atoms with Gasteiger partial charge < -0.3 is 14.5 Å². The van der Waals surface area contributed by atoms with Crippen molar-refractivity contribution in [3.63, 3.8) is 0 Å². The summed E-state index contributed by atoms with van der Waals surface area (Å²) in [4.78, 5) is 9.39. The van der Waals surface area contributed by atoms with Gasteiger partial charge in [-0.2, -0.15) is 0 Å². The molecule has 32 heavy (non-hydrogen) atoms. The van der Waals surface area contributed by atoms with Crippen molar-refractivity contribution in [3.05, 3.63) is 96.4 Å². The zero-order chi connectivity index (χ0) is 22.3. The lowest BCUT2D eigenvalue weighted by Crippen LogP contribution is -2.46. The molecule has 2 aliphatic heterocycles. The molecular formula is C28H35N3O. The highest BCUT2D eigenvalue weighted by Gasteiger charge is 2.36. The van der Waals surface area contributed by atoms with Crippen LogP contribution in [-0.2, 0) is 4.74 Å². The van der Waals surface area contributed by atoms with Crippen LogP contribution < -0.4 is 0 Å². The second-order valence-electron chi connectivity index (χ2n) is 8.54. The van der Waals surface area contributed by atoms with Crippen LogP contribution in [0.2, 0.25) is 0 Å². The van der Waals surface area contributed by atoms with Crippen LogP contribution >= 0.6 is 0 Å². The molecule has 4 rings (SSSR count). The Morgan fingerprint density at radius 3 is 2.81 bits per heavy atom. The van der Waals surface area contributed by atoms with Gasteiger partial charge in [0.15, 0.2) is 0 Å². The van der Waals surface area contributed by atoms with Crippen LogP contribution in [0.15, 0.2) is 90.9 Å². The molecule has 1 aromatic rings. The highest BCUT2D eigenvalue weighted by molar-refractivity contribution is 5.76. The lowest BCUT2D eigenvalue weighted by molar-refractivity contribution is 0.120. The molecule has 2 atom stereocenters. The first-order chi connectivity index (χ1) is 15.7. The fraction of sp³-hybridized carbons (Fsp3) is 0.393. The third-order valence-corrected chi connectivity index (χ3v) is 6.67. The van der Waals surface area contributed by atoms with Gasteiger partial charge >= 0.3 is 0 Å². The van der Waals surface area contributed by atoms with Gasteiger partial charge in [-0.15, -0.1) is 0 Å². The SMILES string of the molecule is C=CC=CC1/C(=C\C)OC2=C(CC=CC(c3ccncc3)=C2)N1C1CCCN(CC)CC1. The minimum atomic E-state index is 0.0965. The van der Waals surface area contributed by atoms with E-state index in [4.69, 9.17) is 4.74 Å². The molecule has 0 N–H and O–H groups in total. The van der Waals surface area contributed by atoms with Crippen molar-refractivity contribution >= 4 is 5.57 Å². The Kier molecular flexibility index (Phi) is 7.43. The van der Waals surface area contributed by atoms with E-state index in [9.17, 15) is 0 Å². The van der Waals surface area contributed by atoms with Crippen molar-refractivity contribution in [1.82, 2.24) is 14.8 Å². The third-order valence-electron chi connectivity index (χ3n) is 6.67. The summed E-state index contributed by atoms with van der Waals surface area (Å²) in [6, 6.07) is 4.69. The Morgan fingerprint density at radius 1 is 1.22 bits per heavy atom. The largest absolute Gasteiger partial charge is 0.458 e. The number of allylic oxidation sites excluding steroid dienone is 7. The summed E-state index contributed by atoms with van der Waals surface area (Å²) in [5.41, 5.74) is 3.60. The molecule has 0 saturated carbocycles. The average Bonchev–Trinajstić information content (AvgIpc) is 3.20. The van der Waals surface area contributed by atoms with Gasteiger partial charge in [-0.05, 0) is 74.7 Å². The Morgan fingerprint density at radius 2 is 2.06 bits per heavy atom. The molecule has 3 heterocycles. The first kappa shape index (κ1) is 22.3. The smallest absolute Gasteiger partial charge is 0.147 e. The molecule has 1 aliphatic carbocycles. The van der Waals surface area contributed by atoms with Crippen molar-refractivity contribution < 1.29 is 4.74 Å². The lowest BCUT2D eigenvalue weighted by atomic mass is 9.98. The maximum absolute atomic E-state index is 6.55. The van der Waals surface area contributed by atoms with Crippen LogP contribution in [0, 0.1) is 0 Å². The molecule has 2 unspecified atom stereocenters. The molecule has 1 fully saturated rings. The molecule has 0 bridgehead atoms. The summed E-state index contributed by atoms with van der Waals surface area (Å²) < 4.78 is 6.55. The maximum atomic E-state index is 6.55. The molecule has 0 aromatic carbocycles. The van der Waals surface area contributed by atoms with Crippen molar-refractivity contribution in [2.75, 3.05) is 19.6 Å². The van der Waals surface area contributed by atoms with Crippen molar-refractivity contribution in [3.8, 4) is 0 Å². The van der Waals surface area contributed by atoms with Gasteiger partial charge in [0.2, 0.25) is 0 Å². The Balaban J connectivity index is 1.77. The van der Waals surface area contributed by atoms with Gasteiger partial charge in [0, 0.05) is 31.4 Å². The van der Waals surface area contributed by atoms with Gasteiger partial charge in [-0.25, -0.2) is 0 Å². The van der Waals surface area contributed by atoms with Gasteiger partial charge in [-0.3, -0.25) is 4.98 Å². The summed E-state index contributed by atoms with van der Waals surface area (Å²) in [5.74, 6) is 1.96. The molecule has 0 radical (unpaired) electrons. The monoisotopic (exact) mass is 429 g/mol. The molecular weight excluding hydrogens is 394 g/mol. The summed E-state index contributed by atoms with van der Waals surface area (Å²) >= 11 is 0. The van der Waals surface area contributed by atoms with Crippen LogP contribution in [0.1, 0.15) is 45.1 Å². The van der Waals surface area contributed by atoms with Gasteiger partial charge in [0.25, 0.3) is 0 Å². The molecule has 168 valence electrons. The number of likely N-dealkylation sites (tertiary alicyclic amines) is 1. The van der Waals surface area contributed by atoms with E-state index in [0.29, 0.717) is 6.04 Å². The second kappa shape index (κ2) is 10.6. The summed E-state index contributed by atoms with van der Waals surface area (Å²) in [6.07, 6.45) is 23.1. The standard InChI is InChI=1S/C28H35N3O/c1-4-7-12-25-27(5-2)32-28-21-23(22-14-17-29-18-15-22)10-8-13-26(28)31(25)24-11-9-19-30(6-3)20-16-24/h4-5,7-8,10,12,14-15,17-18,21,24-25H,1,6,9,11,13,16,19-20H2,2-3H3/b12-7?,27-5+. The highest BCUT2D eigenvalue weighted by atomic mass is 16.5. The van der Waals surface area contributed by atoms with Crippen LogP contribution in [0.5, 0.6) is 0 Å². The quantitative estimate of drug-likeness (QED) is 0.548. The Bertz CT molecular complexity index is 954. The predicted molar refractivity (Wildman–Crippen MR) is 133 cm³/mol. The lowest BCUT2D eigenvalue weighted by Gasteiger charge is -2.44. The van der Waals surface area contributed by atoms with Crippen molar-refractivity contribution in [2.24, 2.45) is 0 Å². The number of hydrogen-bond acceptors (Lipinski definition) is 4.